The summed E-state index contributed by atoms with van der Waals surface area (Å²) in [6.45, 7) is 8.00. The highest BCUT2D eigenvalue weighted by Crippen LogP contribution is 1.98. The second kappa shape index (κ2) is 8.92. The lowest BCUT2D eigenvalue weighted by Crippen LogP contribution is -2.22. The number of pyridine rings is 1. The fourth-order valence-corrected chi connectivity index (χ4v) is 1.09. The maximum Gasteiger partial charge on any atom is 0.282 e. The molecular weight excluding hydrogens is 228 g/mol. The summed E-state index contributed by atoms with van der Waals surface area (Å²) in [5.74, 6) is 0.511. The first-order valence-electron chi connectivity index (χ1n) is 6.02. The molecule has 0 aliphatic heterocycles. The van der Waals surface area contributed by atoms with Gasteiger partial charge in [-0.15, -0.1) is 0 Å². The van der Waals surface area contributed by atoms with Crippen LogP contribution in [0.5, 0.6) is 0 Å². The second-order valence-electron chi connectivity index (χ2n) is 2.71. The van der Waals surface area contributed by atoms with E-state index < -0.39 is 0 Å². The molecule has 5 nitrogen and oxygen atoms in total. The number of hydrogen-bond acceptors (Lipinski definition) is 4. The highest BCUT2D eigenvalue weighted by molar-refractivity contribution is 5.34. The summed E-state index contributed by atoms with van der Waals surface area (Å²) in [5, 5.41) is 0. The lowest BCUT2D eigenvalue weighted by atomic mass is 10.4. The van der Waals surface area contributed by atoms with E-state index in [1.807, 2.05) is 27.7 Å². The van der Waals surface area contributed by atoms with Gasteiger partial charge < -0.3 is 5.73 Å². The summed E-state index contributed by atoms with van der Waals surface area (Å²) in [6.07, 6.45) is 4.31. The Kier molecular flexibility index (Phi) is 7.85. The van der Waals surface area contributed by atoms with Crippen LogP contribution < -0.4 is 11.3 Å². The quantitative estimate of drug-likeness (QED) is 0.840. The van der Waals surface area contributed by atoms with Crippen LogP contribution in [0.25, 0.3) is 5.82 Å². The number of rotatable bonds is 1. The first-order valence-corrected chi connectivity index (χ1v) is 6.02. The maximum atomic E-state index is 11.5. The number of anilines is 1. The van der Waals surface area contributed by atoms with Crippen LogP contribution in [-0.2, 0) is 0 Å². The Labute approximate surface area is 107 Å². The average molecular weight is 248 g/mol. The summed E-state index contributed by atoms with van der Waals surface area (Å²) >= 11 is 0. The summed E-state index contributed by atoms with van der Waals surface area (Å²) in [5.41, 5.74) is 5.24. The molecule has 0 unspecified atom stereocenters. The van der Waals surface area contributed by atoms with Crippen LogP contribution in [0.15, 0.2) is 41.7 Å². The van der Waals surface area contributed by atoms with Gasteiger partial charge in [0, 0.05) is 6.20 Å². The predicted molar refractivity (Wildman–Crippen MR) is 74.7 cm³/mol. The van der Waals surface area contributed by atoms with Crippen LogP contribution in [-0.4, -0.2) is 14.5 Å². The van der Waals surface area contributed by atoms with Crippen molar-refractivity contribution < 1.29 is 0 Å². The molecule has 0 atom stereocenters. The van der Waals surface area contributed by atoms with Crippen LogP contribution in [0.2, 0.25) is 0 Å². The Hall–Kier alpha value is -2.17. The Balaban J connectivity index is 0.000000659. The lowest BCUT2D eigenvalue weighted by Gasteiger charge is -2.02. The zero-order chi connectivity index (χ0) is 14.0. The summed E-state index contributed by atoms with van der Waals surface area (Å²) < 4.78 is 1.30. The van der Waals surface area contributed by atoms with Crippen LogP contribution in [0.3, 0.4) is 0 Å². The molecule has 0 radical (unpaired) electrons. The largest absolute Gasteiger partial charge is 0.393 e. The molecule has 0 aliphatic rings. The van der Waals surface area contributed by atoms with Crippen LogP contribution in [0, 0.1) is 0 Å². The minimum absolute atomic E-state index is 0.109. The van der Waals surface area contributed by atoms with Crippen LogP contribution in [0.4, 0.5) is 5.69 Å². The van der Waals surface area contributed by atoms with Crippen molar-refractivity contribution in [2.75, 3.05) is 5.73 Å². The topological polar surface area (TPSA) is 73.8 Å². The first-order chi connectivity index (χ1) is 8.79. The molecule has 5 heteroatoms. The Morgan fingerprint density at radius 2 is 1.83 bits per heavy atom. The Morgan fingerprint density at radius 1 is 1.17 bits per heavy atom. The van der Waals surface area contributed by atoms with Crippen molar-refractivity contribution in [1.82, 2.24) is 14.5 Å². The Morgan fingerprint density at radius 3 is 2.39 bits per heavy atom. The van der Waals surface area contributed by atoms with Crippen molar-refractivity contribution in [1.29, 1.82) is 0 Å². The van der Waals surface area contributed by atoms with E-state index >= 15 is 0 Å². The van der Waals surface area contributed by atoms with Gasteiger partial charge in [-0.2, -0.15) is 0 Å². The SMILES string of the molecule is CC.CC.Nc1cncn(-c2ccccn2)c1=O. The van der Waals surface area contributed by atoms with Crippen molar-refractivity contribution in [2.24, 2.45) is 0 Å². The molecule has 2 N–H and O–H groups in total. The lowest BCUT2D eigenvalue weighted by molar-refractivity contribution is 0.903. The molecular formula is C13H20N4O. The molecule has 2 aromatic heterocycles. The smallest absolute Gasteiger partial charge is 0.282 e. The second-order valence-corrected chi connectivity index (χ2v) is 2.71. The molecule has 0 saturated heterocycles. The summed E-state index contributed by atoms with van der Waals surface area (Å²) in [6, 6.07) is 5.27. The van der Waals surface area contributed by atoms with Gasteiger partial charge in [-0.05, 0) is 12.1 Å². The third-order valence-electron chi connectivity index (χ3n) is 1.76. The number of hydrogen-bond donors (Lipinski definition) is 1. The van der Waals surface area contributed by atoms with Gasteiger partial charge in [0.25, 0.3) is 5.56 Å². The van der Waals surface area contributed by atoms with Gasteiger partial charge in [0.05, 0.1) is 6.20 Å². The molecule has 0 bridgehead atoms. The molecule has 2 aromatic rings. The fraction of sp³-hybridized carbons (Fsp3) is 0.308. The molecule has 0 aromatic carbocycles. The first kappa shape index (κ1) is 15.8. The van der Waals surface area contributed by atoms with Gasteiger partial charge in [0.15, 0.2) is 0 Å². The molecule has 2 heterocycles. The van der Waals surface area contributed by atoms with E-state index in [4.69, 9.17) is 5.73 Å². The van der Waals surface area contributed by atoms with Gasteiger partial charge in [-0.3, -0.25) is 4.79 Å². The van der Waals surface area contributed by atoms with Gasteiger partial charge in [-0.1, -0.05) is 33.8 Å². The predicted octanol–water partition coefficient (Wildman–Crippen LogP) is 2.26. The minimum atomic E-state index is -0.307. The molecule has 98 valence electrons. The number of nitrogen functional groups attached to an aromatic ring is 1. The fourth-order valence-electron chi connectivity index (χ4n) is 1.09. The monoisotopic (exact) mass is 248 g/mol. The van der Waals surface area contributed by atoms with Crippen molar-refractivity contribution in [2.45, 2.75) is 27.7 Å². The van der Waals surface area contributed by atoms with E-state index in [-0.39, 0.29) is 11.2 Å². The molecule has 0 spiro atoms. The average Bonchev–Trinajstić information content (AvgIpc) is 2.47. The minimum Gasteiger partial charge on any atom is -0.393 e. The van der Waals surface area contributed by atoms with Crippen molar-refractivity contribution in [3.8, 4) is 5.82 Å². The van der Waals surface area contributed by atoms with E-state index in [1.54, 1.807) is 24.4 Å². The van der Waals surface area contributed by atoms with E-state index in [1.165, 1.54) is 17.1 Å². The van der Waals surface area contributed by atoms with Gasteiger partial charge in [-0.25, -0.2) is 14.5 Å². The zero-order valence-electron chi connectivity index (χ0n) is 11.3. The van der Waals surface area contributed by atoms with Gasteiger partial charge in [0.1, 0.15) is 17.8 Å². The molecule has 18 heavy (non-hydrogen) atoms. The Bertz CT molecular complexity index is 494. The number of nitrogens with zero attached hydrogens (tertiary/aromatic N) is 3. The van der Waals surface area contributed by atoms with Crippen molar-refractivity contribution in [3.63, 3.8) is 0 Å². The van der Waals surface area contributed by atoms with Crippen LogP contribution in [0.1, 0.15) is 27.7 Å². The number of aromatic nitrogens is 3. The highest BCUT2D eigenvalue weighted by Gasteiger charge is 2.02. The zero-order valence-corrected chi connectivity index (χ0v) is 11.3. The molecule has 0 fully saturated rings. The van der Waals surface area contributed by atoms with E-state index in [0.29, 0.717) is 5.82 Å². The van der Waals surface area contributed by atoms with E-state index in [9.17, 15) is 4.79 Å². The van der Waals surface area contributed by atoms with Crippen LogP contribution >= 0.6 is 0 Å². The molecule has 0 aliphatic carbocycles. The highest BCUT2D eigenvalue weighted by atomic mass is 16.1. The van der Waals surface area contributed by atoms with Gasteiger partial charge >= 0.3 is 0 Å². The summed E-state index contributed by atoms with van der Waals surface area (Å²) in [4.78, 5) is 19.4. The summed E-state index contributed by atoms with van der Waals surface area (Å²) in [7, 11) is 0. The van der Waals surface area contributed by atoms with Gasteiger partial charge in [0.2, 0.25) is 0 Å². The maximum absolute atomic E-state index is 11.5. The van der Waals surface area contributed by atoms with Crippen molar-refractivity contribution in [3.05, 3.63) is 47.3 Å². The standard InChI is InChI=1S/C9H8N4O.2C2H6/c10-7-5-11-6-13(9(7)14)8-3-1-2-4-12-8;2*1-2/h1-6H,10H2;2*1-2H3. The molecule has 0 amide bonds. The molecule has 0 saturated carbocycles. The van der Waals surface area contributed by atoms with Crippen molar-refractivity contribution >= 4 is 5.69 Å². The van der Waals surface area contributed by atoms with E-state index in [0.717, 1.165) is 0 Å². The van der Waals surface area contributed by atoms with E-state index in [2.05, 4.69) is 9.97 Å². The normalized spacial score (nSPS) is 8.44. The third kappa shape index (κ3) is 4.01. The number of nitrogens with two attached hydrogens (primary N) is 1. The third-order valence-corrected chi connectivity index (χ3v) is 1.76. The molecule has 2 rings (SSSR count).